The lowest BCUT2D eigenvalue weighted by atomic mass is 9.68. The number of benzene rings is 1. The van der Waals surface area contributed by atoms with Gasteiger partial charge in [-0.05, 0) is 94.7 Å². The number of rotatable bonds is 22. The lowest BCUT2D eigenvalue weighted by Crippen LogP contribution is -2.44. The molecule has 1 N–H and O–H groups in total. The first-order valence-corrected chi connectivity index (χ1v) is 20.6. The SMILES string of the molecule is CPC(C)(C)CC(C)(CC(C)(CC(C)(C)C(=O)Oc1ccc(CCC(C)=O)cc1)C(=O)OCCOP(=O)(O)OCC[N+](C)(C)C)PC. The molecule has 1 aromatic carbocycles. The topological polar surface area (TPSA) is 125 Å². The number of aryl methyl sites for hydroxylation is 1. The number of quaternary nitrogens is 1. The van der Waals surface area contributed by atoms with E-state index in [1.165, 1.54) is 0 Å². The van der Waals surface area contributed by atoms with Crippen molar-refractivity contribution in [2.45, 2.75) is 90.9 Å². The number of ketones is 1. The Morgan fingerprint density at radius 3 is 1.91 bits per heavy atom. The van der Waals surface area contributed by atoms with Crippen LogP contribution in [0.3, 0.4) is 0 Å². The monoisotopic (exact) mass is 720 g/mol. The molecule has 47 heavy (non-hydrogen) atoms. The van der Waals surface area contributed by atoms with Crippen LogP contribution in [0.15, 0.2) is 24.3 Å². The van der Waals surface area contributed by atoms with Crippen LogP contribution in [0.1, 0.15) is 79.7 Å². The van der Waals surface area contributed by atoms with Crippen molar-refractivity contribution < 1.29 is 46.8 Å². The van der Waals surface area contributed by atoms with Crippen LogP contribution in [0.4, 0.5) is 0 Å². The van der Waals surface area contributed by atoms with Gasteiger partial charge in [-0.15, -0.1) is 17.2 Å². The van der Waals surface area contributed by atoms with Gasteiger partial charge in [0.1, 0.15) is 31.3 Å². The lowest BCUT2D eigenvalue weighted by Gasteiger charge is -2.43. The van der Waals surface area contributed by atoms with E-state index in [9.17, 15) is 23.8 Å². The molecule has 5 unspecified atom stereocenters. The van der Waals surface area contributed by atoms with Crippen LogP contribution in [-0.2, 0) is 39.2 Å². The predicted molar refractivity (Wildman–Crippen MR) is 193 cm³/mol. The van der Waals surface area contributed by atoms with Crippen molar-refractivity contribution in [1.29, 1.82) is 0 Å². The molecule has 0 spiro atoms. The Hall–Kier alpha value is -1.24. The van der Waals surface area contributed by atoms with E-state index in [4.69, 9.17) is 18.5 Å². The second kappa shape index (κ2) is 18.1. The van der Waals surface area contributed by atoms with Crippen molar-refractivity contribution in [2.24, 2.45) is 10.8 Å². The summed E-state index contributed by atoms with van der Waals surface area (Å²) in [7, 11) is 2.76. The van der Waals surface area contributed by atoms with E-state index in [1.807, 2.05) is 40.2 Å². The maximum atomic E-state index is 13.9. The third-order valence-electron chi connectivity index (χ3n) is 8.26. The standard InChI is InChI=1S/C34H60NO9P3/c1-26(36)13-14-27-15-17-28(18-16-27)44-29(37)31(2,3)23-33(6,25-34(7,46-12)24-32(4,5)45-11)30(38)41-21-22-43-47(39,40)42-20-19-35(8,9)10/h15-18,45-46H,13-14,19-25H2,1-12H3/p+1. The Morgan fingerprint density at radius 1 is 0.830 bits per heavy atom. The fraction of sp³-hybridized carbons (Fsp3) is 0.735. The lowest BCUT2D eigenvalue weighted by molar-refractivity contribution is -0.870. The molecule has 5 atom stereocenters. The summed E-state index contributed by atoms with van der Waals surface area (Å²) >= 11 is 0. The zero-order valence-corrected chi connectivity index (χ0v) is 33.7. The Bertz CT molecular complexity index is 1230. The highest BCUT2D eigenvalue weighted by Gasteiger charge is 2.48. The van der Waals surface area contributed by atoms with Crippen molar-refractivity contribution in [3.05, 3.63) is 29.8 Å². The second-order valence-electron chi connectivity index (χ2n) is 15.4. The molecule has 13 heteroatoms. The third kappa shape index (κ3) is 16.8. The quantitative estimate of drug-likeness (QED) is 0.0450. The van der Waals surface area contributed by atoms with Gasteiger partial charge in [-0.1, -0.05) is 32.9 Å². The van der Waals surface area contributed by atoms with Gasteiger partial charge in [0, 0.05) is 6.42 Å². The van der Waals surface area contributed by atoms with Gasteiger partial charge in [0.15, 0.2) is 0 Å². The van der Waals surface area contributed by atoms with Crippen LogP contribution in [0.25, 0.3) is 0 Å². The van der Waals surface area contributed by atoms with Crippen molar-refractivity contribution in [3.63, 3.8) is 0 Å². The van der Waals surface area contributed by atoms with Crippen molar-refractivity contribution in [1.82, 2.24) is 0 Å². The molecular weight excluding hydrogens is 659 g/mol. The first-order valence-electron chi connectivity index (χ1n) is 16.1. The molecule has 270 valence electrons. The van der Waals surface area contributed by atoms with Crippen molar-refractivity contribution in [3.8, 4) is 5.75 Å². The number of ether oxygens (including phenoxy) is 2. The van der Waals surface area contributed by atoms with E-state index in [0.717, 1.165) is 20.6 Å². The summed E-state index contributed by atoms with van der Waals surface area (Å²) in [6.07, 6.45) is 2.61. The Labute approximate surface area is 287 Å². The smallest absolute Gasteiger partial charge is 0.463 e. The van der Waals surface area contributed by atoms with Gasteiger partial charge in [-0.3, -0.25) is 18.6 Å². The molecule has 0 aliphatic rings. The number of likely N-dealkylation sites (N-methyl/N-ethyl adjacent to an activating group) is 1. The van der Waals surface area contributed by atoms with E-state index < -0.39 is 30.6 Å². The predicted octanol–water partition coefficient (Wildman–Crippen LogP) is 6.85. The summed E-state index contributed by atoms with van der Waals surface area (Å²) in [4.78, 5) is 48.8. The van der Waals surface area contributed by atoms with Crippen LogP contribution in [0.5, 0.6) is 5.75 Å². The summed E-state index contributed by atoms with van der Waals surface area (Å²) in [6, 6.07) is 7.11. The van der Waals surface area contributed by atoms with Gasteiger partial charge in [0.2, 0.25) is 0 Å². The minimum absolute atomic E-state index is 0.0371. The summed E-state index contributed by atoms with van der Waals surface area (Å²) in [6.45, 7) is 17.9. The number of Topliss-reactive ketones (excluding diaryl/α,β-unsaturated/α-hetero) is 1. The number of nitrogens with zero attached hydrogens (tertiary/aromatic N) is 1. The van der Waals surface area contributed by atoms with Crippen molar-refractivity contribution in [2.75, 3.05) is 60.8 Å². The molecule has 0 fully saturated rings. The minimum Gasteiger partial charge on any atom is -0.463 e. The van der Waals surface area contributed by atoms with E-state index >= 15 is 0 Å². The number of phosphoric ester groups is 1. The molecule has 0 bridgehead atoms. The summed E-state index contributed by atoms with van der Waals surface area (Å²) in [5.74, 6) is -0.474. The average molecular weight is 721 g/mol. The molecule has 0 radical (unpaired) electrons. The zero-order valence-electron chi connectivity index (χ0n) is 30.8. The largest absolute Gasteiger partial charge is 0.472 e. The number of carbonyl (C=O) groups is 3. The Balaban J connectivity index is 3.13. The fourth-order valence-corrected chi connectivity index (χ4v) is 8.26. The van der Waals surface area contributed by atoms with Crippen LogP contribution < -0.4 is 4.74 Å². The number of carbonyl (C=O) groups excluding carboxylic acids is 3. The van der Waals surface area contributed by atoms with Gasteiger partial charge in [-0.25, -0.2) is 4.57 Å². The molecule has 0 saturated carbocycles. The van der Waals surface area contributed by atoms with E-state index in [2.05, 4.69) is 34.1 Å². The van der Waals surface area contributed by atoms with Crippen LogP contribution >= 0.6 is 25.0 Å². The first-order chi connectivity index (χ1) is 21.4. The van der Waals surface area contributed by atoms with E-state index in [0.29, 0.717) is 44.6 Å². The molecule has 0 saturated heterocycles. The molecular formula is C34H61NO9P3+. The normalized spacial score (nSPS) is 17.0. The highest BCUT2D eigenvalue weighted by molar-refractivity contribution is 7.47. The summed E-state index contributed by atoms with van der Waals surface area (Å²) in [5, 5.41) is -0.123. The van der Waals surface area contributed by atoms with Crippen LogP contribution in [0.2, 0.25) is 0 Å². The number of hydrogen-bond acceptors (Lipinski definition) is 8. The highest BCUT2D eigenvalue weighted by Crippen LogP contribution is 2.51. The molecule has 0 amide bonds. The third-order valence-corrected chi connectivity index (χ3v) is 12.4. The molecule has 1 rings (SSSR count). The summed E-state index contributed by atoms with van der Waals surface area (Å²) in [5.41, 5.74) is -1.16. The van der Waals surface area contributed by atoms with Gasteiger partial charge in [-0.2, -0.15) is 0 Å². The van der Waals surface area contributed by atoms with Crippen LogP contribution in [-0.4, -0.2) is 98.2 Å². The molecule has 10 nitrogen and oxygen atoms in total. The van der Waals surface area contributed by atoms with Gasteiger partial charge in [0.25, 0.3) is 0 Å². The molecule has 0 heterocycles. The number of hydrogen-bond donors (Lipinski definition) is 1. The molecule has 0 aromatic heterocycles. The first kappa shape index (κ1) is 43.8. The highest BCUT2D eigenvalue weighted by atomic mass is 31.2. The minimum atomic E-state index is -4.31. The second-order valence-corrected chi connectivity index (χ2v) is 20.5. The summed E-state index contributed by atoms with van der Waals surface area (Å²) < 4.78 is 34.5. The Morgan fingerprint density at radius 2 is 1.40 bits per heavy atom. The maximum absolute atomic E-state index is 13.9. The number of phosphoric acid groups is 1. The number of esters is 2. The Kier molecular flexibility index (Phi) is 16.9. The average Bonchev–Trinajstić information content (AvgIpc) is 2.93. The fourth-order valence-electron chi connectivity index (χ4n) is 5.64. The van der Waals surface area contributed by atoms with Gasteiger partial charge >= 0.3 is 19.8 Å². The van der Waals surface area contributed by atoms with Gasteiger partial charge in [0.05, 0.1) is 38.6 Å². The van der Waals surface area contributed by atoms with Gasteiger partial charge < -0.3 is 23.6 Å². The molecule has 1 aromatic rings. The zero-order chi connectivity index (χ0) is 36.3. The molecule has 0 aliphatic carbocycles. The van der Waals surface area contributed by atoms with Crippen LogP contribution in [0, 0.1) is 10.8 Å². The van der Waals surface area contributed by atoms with E-state index in [1.54, 1.807) is 32.9 Å². The maximum Gasteiger partial charge on any atom is 0.472 e. The molecule has 0 aliphatic heterocycles. The van der Waals surface area contributed by atoms with E-state index in [-0.39, 0.29) is 42.3 Å². The van der Waals surface area contributed by atoms with Crippen molar-refractivity contribution >= 4 is 42.7 Å².